The number of hydrogen-bond donors (Lipinski definition) is 4. The Morgan fingerprint density at radius 2 is 1.54 bits per heavy atom. The number of hydrogen-bond acceptors (Lipinski definition) is 8. The maximum Gasteiger partial charge on any atom is 0.259 e. The fourth-order valence-electron chi connectivity index (χ4n) is 5.46. The molecule has 0 saturated carbocycles. The van der Waals surface area contributed by atoms with Crippen LogP contribution in [0.4, 0.5) is 11.4 Å². The van der Waals surface area contributed by atoms with Crippen molar-refractivity contribution in [3.63, 3.8) is 0 Å². The highest BCUT2D eigenvalue weighted by Crippen LogP contribution is 2.28. The van der Waals surface area contributed by atoms with Gasteiger partial charge in [0.1, 0.15) is 11.5 Å². The molecule has 0 radical (unpaired) electrons. The number of anilines is 2. The Hall–Kier alpha value is -4.45. The van der Waals surface area contributed by atoms with E-state index in [1.54, 1.807) is 49.6 Å². The molecule has 1 aliphatic heterocycles. The number of aryl methyl sites for hydroxylation is 1. The number of methoxy groups -OCH3 is 1. The SMILES string of the molecule is COCc1cc(C(=O)Nc2ccc(C)cc2OCCCCCC(=O)N2CCC(N)CC2)ccc1NC(=O)c1ccccc1OCCCN. The third-order valence-corrected chi connectivity index (χ3v) is 8.22. The Labute approximate surface area is 283 Å². The van der Waals surface area contributed by atoms with Gasteiger partial charge in [-0.1, -0.05) is 18.2 Å². The first-order valence-electron chi connectivity index (χ1n) is 16.7. The van der Waals surface area contributed by atoms with Crippen LogP contribution in [0.2, 0.25) is 0 Å². The lowest BCUT2D eigenvalue weighted by molar-refractivity contribution is -0.132. The van der Waals surface area contributed by atoms with Crippen molar-refractivity contribution in [1.82, 2.24) is 4.90 Å². The highest BCUT2D eigenvalue weighted by molar-refractivity contribution is 6.08. The molecule has 3 aromatic carbocycles. The number of carbonyl (C=O) groups is 3. The number of para-hydroxylation sites is 1. The second kappa shape index (κ2) is 18.8. The van der Waals surface area contributed by atoms with Gasteiger partial charge in [-0.25, -0.2) is 0 Å². The third kappa shape index (κ3) is 10.8. The van der Waals surface area contributed by atoms with Crippen molar-refractivity contribution in [3.8, 4) is 11.5 Å². The lowest BCUT2D eigenvalue weighted by Crippen LogP contribution is -2.42. The molecule has 1 saturated heterocycles. The molecule has 1 aliphatic rings. The zero-order valence-corrected chi connectivity index (χ0v) is 28.1. The predicted molar refractivity (Wildman–Crippen MR) is 188 cm³/mol. The normalized spacial score (nSPS) is 13.2. The van der Waals surface area contributed by atoms with E-state index < -0.39 is 0 Å². The maximum absolute atomic E-state index is 13.4. The topological polar surface area (TPSA) is 158 Å². The predicted octanol–water partition coefficient (Wildman–Crippen LogP) is 5.26. The Morgan fingerprint density at radius 1 is 0.833 bits per heavy atom. The quantitative estimate of drug-likeness (QED) is 0.143. The smallest absolute Gasteiger partial charge is 0.259 e. The highest BCUT2D eigenvalue weighted by Gasteiger charge is 2.20. The molecule has 11 heteroatoms. The summed E-state index contributed by atoms with van der Waals surface area (Å²) in [6.45, 7) is 5.01. The van der Waals surface area contributed by atoms with E-state index in [2.05, 4.69) is 10.6 Å². The van der Waals surface area contributed by atoms with Gasteiger partial charge in [-0.15, -0.1) is 0 Å². The molecule has 0 spiro atoms. The summed E-state index contributed by atoms with van der Waals surface area (Å²) in [6.07, 6.45) is 5.40. The molecule has 48 heavy (non-hydrogen) atoms. The molecule has 0 atom stereocenters. The van der Waals surface area contributed by atoms with Gasteiger partial charge in [0, 0.05) is 49.5 Å². The zero-order chi connectivity index (χ0) is 34.3. The molecule has 3 amide bonds. The Bertz CT molecular complexity index is 1520. The van der Waals surface area contributed by atoms with Crippen molar-refractivity contribution in [2.24, 2.45) is 11.5 Å². The summed E-state index contributed by atoms with van der Waals surface area (Å²) in [6, 6.07) is 17.9. The first-order valence-corrected chi connectivity index (χ1v) is 16.7. The first-order chi connectivity index (χ1) is 23.3. The summed E-state index contributed by atoms with van der Waals surface area (Å²) in [5.41, 5.74) is 15.0. The minimum absolute atomic E-state index is 0.183. The maximum atomic E-state index is 13.4. The third-order valence-electron chi connectivity index (χ3n) is 8.22. The minimum Gasteiger partial charge on any atom is -0.493 e. The molecular formula is C37H49N5O6. The molecular weight excluding hydrogens is 610 g/mol. The van der Waals surface area contributed by atoms with Gasteiger partial charge in [0.15, 0.2) is 0 Å². The van der Waals surface area contributed by atoms with Crippen LogP contribution in [0.15, 0.2) is 60.7 Å². The number of rotatable bonds is 17. The van der Waals surface area contributed by atoms with Gasteiger partial charge in [-0.3, -0.25) is 14.4 Å². The molecule has 1 fully saturated rings. The van der Waals surface area contributed by atoms with Gasteiger partial charge in [0.25, 0.3) is 11.8 Å². The number of ether oxygens (including phenoxy) is 3. The van der Waals surface area contributed by atoms with Crippen LogP contribution < -0.4 is 31.6 Å². The standard InChI is InChI=1S/C37H49N5O6/c1-26-12-14-32(34(23-26)48-21-7-3-4-11-35(43)42-19-16-29(39)17-20-42)41-36(44)27-13-15-31(28(24-27)25-46-2)40-37(45)30-9-5-6-10-33(30)47-22-8-18-38/h5-6,9-10,12-15,23-24,29H,3-4,7-8,11,16-22,25,38-39H2,1-2H3,(H,40,45)(H,41,44). The molecule has 6 N–H and O–H groups in total. The van der Waals surface area contributed by atoms with E-state index in [0.29, 0.717) is 72.2 Å². The number of piperidine rings is 1. The van der Waals surface area contributed by atoms with Crippen molar-refractivity contribution in [1.29, 1.82) is 0 Å². The second-order valence-electron chi connectivity index (χ2n) is 12.1. The molecule has 0 aliphatic carbocycles. The van der Waals surface area contributed by atoms with E-state index in [9.17, 15) is 14.4 Å². The van der Waals surface area contributed by atoms with Crippen molar-refractivity contribution >= 4 is 29.1 Å². The van der Waals surface area contributed by atoms with Crippen LogP contribution in [0.25, 0.3) is 0 Å². The summed E-state index contributed by atoms with van der Waals surface area (Å²) in [4.78, 5) is 41.0. The summed E-state index contributed by atoms with van der Waals surface area (Å²) in [5, 5.41) is 5.91. The number of unbranched alkanes of at least 4 members (excludes halogenated alkanes) is 2. The average Bonchev–Trinajstić information content (AvgIpc) is 3.08. The van der Waals surface area contributed by atoms with Gasteiger partial charge in [0.05, 0.1) is 31.1 Å². The fourth-order valence-corrected chi connectivity index (χ4v) is 5.46. The highest BCUT2D eigenvalue weighted by atomic mass is 16.5. The number of nitrogens with two attached hydrogens (primary N) is 2. The number of likely N-dealkylation sites (tertiary alicyclic amines) is 1. The van der Waals surface area contributed by atoms with Crippen molar-refractivity contribution < 1.29 is 28.6 Å². The number of benzene rings is 3. The largest absolute Gasteiger partial charge is 0.493 e. The van der Waals surface area contributed by atoms with E-state index in [1.807, 2.05) is 30.0 Å². The molecule has 11 nitrogen and oxygen atoms in total. The van der Waals surface area contributed by atoms with Gasteiger partial charge in [0.2, 0.25) is 5.91 Å². The number of nitrogens with zero attached hydrogens (tertiary/aromatic N) is 1. The lowest BCUT2D eigenvalue weighted by atomic mass is 10.1. The monoisotopic (exact) mass is 659 g/mol. The molecule has 258 valence electrons. The summed E-state index contributed by atoms with van der Waals surface area (Å²) in [5.74, 6) is 0.586. The fraction of sp³-hybridized carbons (Fsp3) is 0.432. The van der Waals surface area contributed by atoms with Crippen molar-refractivity contribution in [3.05, 3.63) is 82.9 Å². The summed E-state index contributed by atoms with van der Waals surface area (Å²) in [7, 11) is 1.55. The molecule has 0 unspecified atom stereocenters. The molecule has 3 aromatic rings. The molecule has 0 bridgehead atoms. The number of amides is 3. The van der Waals surface area contributed by atoms with Gasteiger partial charge < -0.3 is 41.2 Å². The lowest BCUT2D eigenvalue weighted by Gasteiger charge is -2.30. The van der Waals surface area contributed by atoms with E-state index in [0.717, 1.165) is 50.8 Å². The van der Waals surface area contributed by atoms with Crippen LogP contribution in [-0.4, -0.2) is 68.6 Å². The van der Waals surface area contributed by atoms with Gasteiger partial charge >= 0.3 is 0 Å². The Morgan fingerprint density at radius 3 is 2.31 bits per heavy atom. The summed E-state index contributed by atoms with van der Waals surface area (Å²) >= 11 is 0. The van der Waals surface area contributed by atoms with Crippen LogP contribution in [0.1, 0.15) is 76.8 Å². The number of nitrogens with one attached hydrogen (secondary N) is 2. The summed E-state index contributed by atoms with van der Waals surface area (Å²) < 4.78 is 17.2. The molecule has 1 heterocycles. The molecule has 4 rings (SSSR count). The molecule has 0 aromatic heterocycles. The van der Waals surface area contributed by atoms with E-state index in [4.69, 9.17) is 25.7 Å². The minimum atomic E-state index is -0.340. The van der Waals surface area contributed by atoms with Crippen LogP contribution in [0, 0.1) is 6.92 Å². The van der Waals surface area contributed by atoms with Gasteiger partial charge in [-0.2, -0.15) is 0 Å². The Kier molecular flexibility index (Phi) is 14.2. The van der Waals surface area contributed by atoms with Crippen LogP contribution in [-0.2, 0) is 16.1 Å². The Balaban J connectivity index is 1.33. The number of carbonyl (C=O) groups excluding carboxylic acids is 3. The van der Waals surface area contributed by atoms with E-state index in [1.165, 1.54) is 0 Å². The van der Waals surface area contributed by atoms with Crippen LogP contribution in [0.5, 0.6) is 11.5 Å². The first kappa shape index (κ1) is 36.4. The van der Waals surface area contributed by atoms with Crippen molar-refractivity contribution in [2.45, 2.75) is 64.5 Å². The average molecular weight is 660 g/mol. The zero-order valence-electron chi connectivity index (χ0n) is 28.1. The van der Waals surface area contributed by atoms with Gasteiger partial charge in [-0.05, 0) is 100 Å². The van der Waals surface area contributed by atoms with E-state index in [-0.39, 0.29) is 30.4 Å². The van der Waals surface area contributed by atoms with Crippen LogP contribution >= 0.6 is 0 Å². The van der Waals surface area contributed by atoms with Crippen molar-refractivity contribution in [2.75, 3.05) is 50.6 Å². The second-order valence-corrected chi connectivity index (χ2v) is 12.1. The van der Waals surface area contributed by atoms with E-state index >= 15 is 0 Å². The van der Waals surface area contributed by atoms with Crippen LogP contribution in [0.3, 0.4) is 0 Å².